The fraction of sp³-hybridized carbons (Fsp3) is 0.333. The van der Waals surface area contributed by atoms with Gasteiger partial charge in [-0.05, 0) is 47.4 Å². The molecule has 106 valence electrons. The molecule has 20 heavy (non-hydrogen) atoms. The summed E-state index contributed by atoms with van der Waals surface area (Å²) in [5, 5.41) is 4.17. The lowest BCUT2D eigenvalue weighted by molar-refractivity contribution is 0.728. The van der Waals surface area contributed by atoms with Gasteiger partial charge >= 0.3 is 0 Å². The maximum absolute atomic E-state index is 6.16. The standard InChI is InChI=1S/C18H22ClN/c1-3-5-14-6-8-15(9-7-14)18-12-17(19)11-10-16(18)13-20-4-2/h6-12,20H,3-5,13H2,1-2H3. The predicted octanol–water partition coefficient (Wildman–Crippen LogP) is 5.07. The van der Waals surface area contributed by atoms with Gasteiger partial charge in [0.1, 0.15) is 0 Å². The highest BCUT2D eigenvalue weighted by Gasteiger charge is 2.06. The highest BCUT2D eigenvalue weighted by Crippen LogP contribution is 2.27. The van der Waals surface area contributed by atoms with Crippen molar-refractivity contribution >= 4 is 11.6 Å². The Labute approximate surface area is 127 Å². The van der Waals surface area contributed by atoms with Crippen molar-refractivity contribution in [1.82, 2.24) is 5.32 Å². The van der Waals surface area contributed by atoms with Crippen LogP contribution in [0.3, 0.4) is 0 Å². The number of benzene rings is 2. The van der Waals surface area contributed by atoms with Gasteiger partial charge in [0.15, 0.2) is 0 Å². The number of hydrogen-bond acceptors (Lipinski definition) is 1. The topological polar surface area (TPSA) is 12.0 Å². The average Bonchev–Trinajstić information content (AvgIpc) is 2.47. The lowest BCUT2D eigenvalue weighted by atomic mass is 9.98. The summed E-state index contributed by atoms with van der Waals surface area (Å²) in [7, 11) is 0. The van der Waals surface area contributed by atoms with Gasteiger partial charge in [-0.3, -0.25) is 0 Å². The molecule has 0 aliphatic heterocycles. The molecule has 0 saturated carbocycles. The van der Waals surface area contributed by atoms with E-state index >= 15 is 0 Å². The van der Waals surface area contributed by atoms with Gasteiger partial charge in [-0.2, -0.15) is 0 Å². The van der Waals surface area contributed by atoms with Crippen molar-refractivity contribution in [2.24, 2.45) is 0 Å². The third kappa shape index (κ3) is 3.84. The van der Waals surface area contributed by atoms with Crippen LogP contribution in [0.25, 0.3) is 11.1 Å². The summed E-state index contributed by atoms with van der Waals surface area (Å²) < 4.78 is 0. The van der Waals surface area contributed by atoms with Crippen LogP contribution in [-0.2, 0) is 13.0 Å². The Bertz CT molecular complexity index is 546. The van der Waals surface area contributed by atoms with Crippen LogP contribution in [0.5, 0.6) is 0 Å². The molecular formula is C18H22ClN. The van der Waals surface area contributed by atoms with Crippen molar-refractivity contribution in [3.63, 3.8) is 0 Å². The normalized spacial score (nSPS) is 10.8. The molecule has 2 aromatic rings. The van der Waals surface area contributed by atoms with Crippen LogP contribution in [0.15, 0.2) is 42.5 Å². The Morgan fingerprint density at radius 3 is 2.40 bits per heavy atom. The quantitative estimate of drug-likeness (QED) is 0.782. The van der Waals surface area contributed by atoms with Gasteiger partial charge in [0.25, 0.3) is 0 Å². The van der Waals surface area contributed by atoms with Gasteiger partial charge in [-0.1, -0.05) is 62.2 Å². The van der Waals surface area contributed by atoms with Crippen LogP contribution in [0, 0.1) is 0 Å². The number of halogens is 1. The fourth-order valence-electron chi connectivity index (χ4n) is 2.37. The maximum atomic E-state index is 6.16. The molecule has 0 aromatic heterocycles. The Kier molecular flexibility index (Phi) is 5.63. The van der Waals surface area contributed by atoms with Gasteiger partial charge in [0.05, 0.1) is 0 Å². The van der Waals surface area contributed by atoms with Gasteiger partial charge in [-0.25, -0.2) is 0 Å². The van der Waals surface area contributed by atoms with E-state index in [1.807, 2.05) is 6.07 Å². The zero-order valence-electron chi connectivity index (χ0n) is 12.2. The largest absolute Gasteiger partial charge is 0.313 e. The van der Waals surface area contributed by atoms with Crippen LogP contribution in [0.1, 0.15) is 31.4 Å². The molecule has 0 unspecified atom stereocenters. The summed E-state index contributed by atoms with van der Waals surface area (Å²) in [5.41, 5.74) is 5.15. The molecule has 0 saturated heterocycles. The molecule has 2 rings (SSSR count). The first-order valence-electron chi connectivity index (χ1n) is 7.33. The molecule has 2 aromatic carbocycles. The third-order valence-electron chi connectivity index (χ3n) is 3.44. The third-order valence-corrected chi connectivity index (χ3v) is 3.68. The Morgan fingerprint density at radius 1 is 1.00 bits per heavy atom. The van der Waals surface area contributed by atoms with Crippen molar-refractivity contribution < 1.29 is 0 Å². The highest BCUT2D eigenvalue weighted by atomic mass is 35.5. The second-order valence-corrected chi connectivity index (χ2v) is 5.47. The molecule has 0 amide bonds. The second-order valence-electron chi connectivity index (χ2n) is 5.03. The molecular weight excluding hydrogens is 266 g/mol. The molecule has 1 nitrogen and oxygen atoms in total. The number of hydrogen-bond donors (Lipinski definition) is 1. The van der Waals surface area contributed by atoms with Crippen LogP contribution in [0.4, 0.5) is 0 Å². The SMILES string of the molecule is CCCc1ccc(-c2cc(Cl)ccc2CNCC)cc1. The molecule has 0 spiro atoms. The molecule has 0 radical (unpaired) electrons. The van der Waals surface area contributed by atoms with Crippen LogP contribution in [-0.4, -0.2) is 6.54 Å². The summed E-state index contributed by atoms with van der Waals surface area (Å²) in [6.45, 7) is 6.17. The molecule has 1 N–H and O–H groups in total. The lowest BCUT2D eigenvalue weighted by Crippen LogP contribution is -2.12. The van der Waals surface area contributed by atoms with Gasteiger partial charge < -0.3 is 5.32 Å². The van der Waals surface area contributed by atoms with E-state index in [9.17, 15) is 0 Å². The minimum absolute atomic E-state index is 0.790. The van der Waals surface area contributed by atoms with Crippen LogP contribution >= 0.6 is 11.6 Å². The zero-order valence-corrected chi connectivity index (χ0v) is 13.0. The maximum Gasteiger partial charge on any atom is 0.0412 e. The average molecular weight is 288 g/mol. The first-order valence-corrected chi connectivity index (χ1v) is 7.70. The molecule has 2 heteroatoms. The minimum atomic E-state index is 0.790. The van der Waals surface area contributed by atoms with E-state index in [1.54, 1.807) is 0 Å². The van der Waals surface area contributed by atoms with E-state index < -0.39 is 0 Å². The van der Waals surface area contributed by atoms with Crippen molar-refractivity contribution in [3.8, 4) is 11.1 Å². The lowest BCUT2D eigenvalue weighted by Gasteiger charge is -2.11. The number of aryl methyl sites for hydroxylation is 1. The molecule has 0 bridgehead atoms. The summed E-state index contributed by atoms with van der Waals surface area (Å²) >= 11 is 6.16. The van der Waals surface area contributed by atoms with E-state index in [1.165, 1.54) is 28.7 Å². The van der Waals surface area contributed by atoms with E-state index in [0.29, 0.717) is 0 Å². The van der Waals surface area contributed by atoms with Gasteiger partial charge in [0, 0.05) is 11.6 Å². The molecule has 0 aliphatic carbocycles. The molecule has 0 atom stereocenters. The van der Waals surface area contributed by atoms with Gasteiger partial charge in [0.2, 0.25) is 0 Å². The predicted molar refractivity (Wildman–Crippen MR) is 88.3 cm³/mol. The van der Waals surface area contributed by atoms with Crippen LogP contribution < -0.4 is 5.32 Å². The van der Waals surface area contributed by atoms with Crippen molar-refractivity contribution in [2.45, 2.75) is 33.2 Å². The number of nitrogens with one attached hydrogen (secondary N) is 1. The van der Waals surface area contributed by atoms with E-state index in [0.717, 1.165) is 24.5 Å². The van der Waals surface area contributed by atoms with E-state index in [2.05, 4.69) is 55.6 Å². The van der Waals surface area contributed by atoms with Gasteiger partial charge in [-0.15, -0.1) is 0 Å². The van der Waals surface area contributed by atoms with Crippen molar-refractivity contribution in [3.05, 3.63) is 58.6 Å². The monoisotopic (exact) mass is 287 g/mol. The fourth-order valence-corrected chi connectivity index (χ4v) is 2.54. The summed E-state index contributed by atoms with van der Waals surface area (Å²) in [6, 6.07) is 15.0. The van der Waals surface area contributed by atoms with Crippen molar-refractivity contribution in [1.29, 1.82) is 0 Å². The zero-order chi connectivity index (χ0) is 14.4. The Hall–Kier alpha value is -1.31. The number of rotatable bonds is 6. The highest BCUT2D eigenvalue weighted by molar-refractivity contribution is 6.30. The molecule has 0 heterocycles. The summed E-state index contributed by atoms with van der Waals surface area (Å²) in [4.78, 5) is 0. The van der Waals surface area contributed by atoms with E-state index in [4.69, 9.17) is 11.6 Å². The Morgan fingerprint density at radius 2 is 1.75 bits per heavy atom. The van der Waals surface area contributed by atoms with Crippen LogP contribution in [0.2, 0.25) is 5.02 Å². The second kappa shape index (κ2) is 7.47. The first kappa shape index (κ1) is 15.1. The Balaban J connectivity index is 2.32. The van der Waals surface area contributed by atoms with Crippen molar-refractivity contribution in [2.75, 3.05) is 6.54 Å². The smallest absolute Gasteiger partial charge is 0.0412 e. The summed E-state index contributed by atoms with van der Waals surface area (Å²) in [5.74, 6) is 0. The molecule has 0 fully saturated rings. The molecule has 0 aliphatic rings. The van der Waals surface area contributed by atoms with E-state index in [-0.39, 0.29) is 0 Å². The first-order chi connectivity index (χ1) is 9.74. The summed E-state index contributed by atoms with van der Waals surface area (Å²) in [6.07, 6.45) is 2.32. The minimum Gasteiger partial charge on any atom is -0.313 e.